The minimum atomic E-state index is -0.663. The van der Waals surface area contributed by atoms with Crippen molar-refractivity contribution in [1.82, 2.24) is 9.55 Å². The number of nitrogens with zero attached hydrogens (tertiary/aromatic N) is 2. The van der Waals surface area contributed by atoms with Gasteiger partial charge in [0.05, 0.1) is 6.33 Å². The number of aromatic nitrogens is 2. The summed E-state index contributed by atoms with van der Waals surface area (Å²) < 4.78 is 2.07. The van der Waals surface area contributed by atoms with E-state index in [4.69, 9.17) is 5.11 Å². The fourth-order valence-electron chi connectivity index (χ4n) is 1.91. The van der Waals surface area contributed by atoms with Crippen LogP contribution in [0.1, 0.15) is 71.6 Å². The lowest BCUT2D eigenvalue weighted by atomic mass is 10.1. The van der Waals surface area contributed by atoms with Gasteiger partial charge in [-0.2, -0.15) is 0 Å². The molecular formula is C16H30N2O2. The van der Waals surface area contributed by atoms with E-state index in [1.807, 2.05) is 12.5 Å². The number of carboxylic acid groups (broad SMARTS) is 1. The fourth-order valence-corrected chi connectivity index (χ4v) is 1.91. The van der Waals surface area contributed by atoms with Crippen LogP contribution in [0.2, 0.25) is 0 Å². The van der Waals surface area contributed by atoms with Crippen molar-refractivity contribution in [3.05, 3.63) is 18.7 Å². The van der Waals surface area contributed by atoms with E-state index in [-0.39, 0.29) is 0 Å². The Balaban J connectivity index is 0.000000388. The third-order valence-electron chi connectivity index (χ3n) is 3.04. The lowest BCUT2D eigenvalue weighted by Gasteiger charge is -1.98. The van der Waals surface area contributed by atoms with Gasteiger partial charge in [-0.15, -0.1) is 0 Å². The van der Waals surface area contributed by atoms with Crippen LogP contribution >= 0.6 is 0 Å². The number of carbonyl (C=O) groups is 1. The molecule has 1 aromatic rings. The minimum absolute atomic E-state index is 0.341. The summed E-state index contributed by atoms with van der Waals surface area (Å²) in [5.41, 5.74) is 0. The van der Waals surface area contributed by atoms with Crippen LogP contribution in [-0.4, -0.2) is 20.6 Å². The summed E-state index contributed by atoms with van der Waals surface area (Å²) in [6, 6.07) is 0. The lowest BCUT2D eigenvalue weighted by molar-refractivity contribution is -0.137. The molecule has 1 rings (SSSR count). The first kappa shape index (κ1) is 18.7. The van der Waals surface area contributed by atoms with Crippen molar-refractivity contribution in [2.24, 2.45) is 0 Å². The molecule has 0 saturated heterocycles. The maximum Gasteiger partial charge on any atom is 0.303 e. The molecule has 4 heteroatoms. The van der Waals surface area contributed by atoms with Crippen LogP contribution in [0.25, 0.3) is 0 Å². The number of rotatable bonds is 10. The van der Waals surface area contributed by atoms with Crippen LogP contribution < -0.4 is 0 Å². The number of aliphatic carboxylic acids is 1. The van der Waals surface area contributed by atoms with Crippen LogP contribution in [0.15, 0.2) is 18.7 Å². The van der Waals surface area contributed by atoms with Gasteiger partial charge in [0.15, 0.2) is 0 Å². The van der Waals surface area contributed by atoms with E-state index >= 15 is 0 Å². The highest BCUT2D eigenvalue weighted by Gasteiger charge is 1.95. The predicted octanol–water partition coefficient (Wildman–Crippen LogP) is 4.50. The highest BCUT2D eigenvalue weighted by atomic mass is 16.4. The molecule has 0 aliphatic rings. The summed E-state index contributed by atoms with van der Waals surface area (Å²) in [5, 5.41) is 8.35. The summed E-state index contributed by atoms with van der Waals surface area (Å²) in [4.78, 5) is 14.0. The van der Waals surface area contributed by atoms with E-state index in [9.17, 15) is 4.79 Å². The van der Waals surface area contributed by atoms with Crippen LogP contribution in [0.4, 0.5) is 0 Å². The zero-order chi connectivity index (χ0) is 15.1. The Hall–Kier alpha value is -1.32. The van der Waals surface area contributed by atoms with Gasteiger partial charge in [-0.05, 0) is 12.8 Å². The number of aryl methyl sites for hydroxylation is 1. The second-order valence-electron chi connectivity index (χ2n) is 5.07. The Morgan fingerprint density at radius 2 is 1.70 bits per heavy atom. The number of unbranched alkanes of at least 4 members (excludes halogenated alkanes) is 6. The van der Waals surface area contributed by atoms with Crippen LogP contribution in [0.3, 0.4) is 0 Å². The quantitative estimate of drug-likeness (QED) is 0.643. The molecule has 0 radical (unpaired) electrons. The Bertz CT molecular complexity index is 310. The van der Waals surface area contributed by atoms with Gasteiger partial charge in [0.1, 0.15) is 0 Å². The van der Waals surface area contributed by atoms with E-state index in [2.05, 4.69) is 23.4 Å². The highest BCUT2D eigenvalue weighted by molar-refractivity contribution is 5.66. The molecule has 0 aliphatic heterocycles. The topological polar surface area (TPSA) is 55.1 Å². The van der Waals surface area contributed by atoms with Gasteiger partial charge in [0, 0.05) is 25.4 Å². The first-order chi connectivity index (χ1) is 9.70. The zero-order valence-electron chi connectivity index (χ0n) is 13.1. The van der Waals surface area contributed by atoms with Crippen molar-refractivity contribution in [1.29, 1.82) is 0 Å². The van der Waals surface area contributed by atoms with Gasteiger partial charge >= 0.3 is 5.97 Å². The summed E-state index contributed by atoms with van der Waals surface area (Å²) in [6.45, 7) is 5.43. The Labute approximate surface area is 123 Å². The molecule has 4 nitrogen and oxygen atoms in total. The molecule has 20 heavy (non-hydrogen) atoms. The third-order valence-corrected chi connectivity index (χ3v) is 3.04. The van der Waals surface area contributed by atoms with Crippen LogP contribution in [-0.2, 0) is 11.3 Å². The molecule has 0 saturated carbocycles. The zero-order valence-corrected chi connectivity index (χ0v) is 13.1. The average Bonchev–Trinajstić information content (AvgIpc) is 2.92. The second kappa shape index (κ2) is 14.1. The summed E-state index contributed by atoms with van der Waals surface area (Å²) in [5.74, 6) is -0.663. The molecule has 0 aromatic carbocycles. The van der Waals surface area contributed by atoms with E-state index in [0.29, 0.717) is 6.42 Å². The van der Waals surface area contributed by atoms with Gasteiger partial charge in [-0.3, -0.25) is 4.79 Å². The van der Waals surface area contributed by atoms with Crippen molar-refractivity contribution in [3.8, 4) is 0 Å². The minimum Gasteiger partial charge on any atom is -0.481 e. The number of hydrogen-bond acceptors (Lipinski definition) is 2. The van der Waals surface area contributed by atoms with Gasteiger partial charge in [-0.1, -0.05) is 52.4 Å². The second-order valence-corrected chi connectivity index (χ2v) is 5.07. The average molecular weight is 282 g/mol. The highest BCUT2D eigenvalue weighted by Crippen LogP contribution is 2.07. The van der Waals surface area contributed by atoms with Crippen molar-refractivity contribution >= 4 is 5.97 Å². The molecule has 116 valence electrons. The number of imidazole rings is 1. The molecule has 1 aromatic heterocycles. The SMILES string of the molecule is CCCCCCCCCC(=O)O.CCCn1ccnc1. The number of hydrogen-bond donors (Lipinski definition) is 1. The van der Waals surface area contributed by atoms with Crippen LogP contribution in [0.5, 0.6) is 0 Å². The molecule has 1 heterocycles. The Kier molecular flexibility index (Phi) is 13.2. The monoisotopic (exact) mass is 282 g/mol. The molecule has 0 unspecified atom stereocenters. The van der Waals surface area contributed by atoms with E-state index in [1.165, 1.54) is 38.5 Å². The molecular weight excluding hydrogens is 252 g/mol. The Morgan fingerprint density at radius 3 is 2.20 bits per heavy atom. The maximum atomic E-state index is 10.1. The lowest BCUT2D eigenvalue weighted by Crippen LogP contribution is -1.93. The third kappa shape index (κ3) is 13.1. The van der Waals surface area contributed by atoms with E-state index in [0.717, 1.165) is 19.4 Å². The molecule has 1 N–H and O–H groups in total. The van der Waals surface area contributed by atoms with Crippen molar-refractivity contribution < 1.29 is 9.90 Å². The molecule has 0 spiro atoms. The molecule has 0 atom stereocenters. The molecule has 0 amide bonds. The van der Waals surface area contributed by atoms with Crippen LogP contribution in [0, 0.1) is 0 Å². The molecule has 0 fully saturated rings. The molecule has 0 bridgehead atoms. The predicted molar refractivity (Wildman–Crippen MR) is 82.8 cm³/mol. The summed E-state index contributed by atoms with van der Waals surface area (Å²) >= 11 is 0. The van der Waals surface area contributed by atoms with Crippen molar-refractivity contribution in [2.75, 3.05) is 0 Å². The molecule has 0 aliphatic carbocycles. The van der Waals surface area contributed by atoms with Gasteiger partial charge in [0.25, 0.3) is 0 Å². The fraction of sp³-hybridized carbons (Fsp3) is 0.750. The van der Waals surface area contributed by atoms with Gasteiger partial charge in [-0.25, -0.2) is 4.98 Å². The van der Waals surface area contributed by atoms with Gasteiger partial charge < -0.3 is 9.67 Å². The standard InChI is InChI=1S/C10H20O2.C6H10N2/c1-2-3-4-5-6-7-8-9-10(11)12;1-2-4-8-5-3-7-6-8/h2-9H2,1H3,(H,11,12);3,5-6H,2,4H2,1H3. The van der Waals surface area contributed by atoms with Crippen molar-refractivity contribution in [3.63, 3.8) is 0 Å². The summed E-state index contributed by atoms with van der Waals surface area (Å²) in [6.07, 6.45) is 15.4. The van der Waals surface area contributed by atoms with Crippen molar-refractivity contribution in [2.45, 2.75) is 78.2 Å². The van der Waals surface area contributed by atoms with E-state index in [1.54, 1.807) is 6.20 Å². The smallest absolute Gasteiger partial charge is 0.303 e. The normalized spacial score (nSPS) is 9.90. The largest absolute Gasteiger partial charge is 0.481 e. The maximum absolute atomic E-state index is 10.1. The first-order valence-corrected chi connectivity index (χ1v) is 7.88. The van der Waals surface area contributed by atoms with E-state index < -0.39 is 5.97 Å². The Morgan fingerprint density at radius 1 is 1.05 bits per heavy atom. The summed E-state index contributed by atoms with van der Waals surface area (Å²) in [7, 11) is 0. The number of carboxylic acids is 1. The first-order valence-electron chi connectivity index (χ1n) is 7.88. The van der Waals surface area contributed by atoms with Gasteiger partial charge in [0.2, 0.25) is 0 Å².